The summed E-state index contributed by atoms with van der Waals surface area (Å²) in [6, 6.07) is 0. The summed E-state index contributed by atoms with van der Waals surface area (Å²) in [6.45, 7) is 24.1. The van der Waals surface area contributed by atoms with Crippen LogP contribution in [0.5, 0.6) is 0 Å². The average molecular weight is 483 g/mol. The van der Waals surface area contributed by atoms with Crippen LogP contribution in [-0.2, 0) is 4.79 Å². The van der Waals surface area contributed by atoms with Crippen LogP contribution in [0.4, 0.5) is 0 Å². The molecule has 8 atom stereocenters. The van der Waals surface area contributed by atoms with Crippen molar-refractivity contribution in [3.8, 4) is 0 Å². The van der Waals surface area contributed by atoms with Gasteiger partial charge in [0.2, 0.25) is 0 Å². The minimum atomic E-state index is -0.622. The summed E-state index contributed by atoms with van der Waals surface area (Å²) in [6.07, 6.45) is 14.3. The lowest BCUT2D eigenvalue weighted by atomic mass is 9.40. The maximum Gasteiger partial charge on any atom is 0.303 e. The van der Waals surface area contributed by atoms with E-state index < -0.39 is 5.97 Å². The molecule has 0 bridgehead atoms. The molecular weight excluding hydrogens is 428 g/mol. The van der Waals surface area contributed by atoms with Crippen molar-refractivity contribution < 1.29 is 9.90 Å². The number of carboxylic acid groups (broad SMARTS) is 1. The molecule has 0 aromatic carbocycles. The van der Waals surface area contributed by atoms with Crippen LogP contribution in [0.2, 0.25) is 0 Å². The van der Waals surface area contributed by atoms with Crippen molar-refractivity contribution in [2.75, 3.05) is 0 Å². The lowest BCUT2D eigenvalue weighted by molar-refractivity contribution is -0.143. The van der Waals surface area contributed by atoms with Gasteiger partial charge in [-0.15, -0.1) is 0 Å². The van der Waals surface area contributed by atoms with Gasteiger partial charge in [-0.25, -0.2) is 0 Å². The quantitative estimate of drug-likeness (QED) is 0.367. The molecular formula is C33H54O2. The van der Waals surface area contributed by atoms with Gasteiger partial charge in [-0.2, -0.15) is 0 Å². The van der Waals surface area contributed by atoms with Crippen LogP contribution in [-0.4, -0.2) is 11.1 Å². The van der Waals surface area contributed by atoms with Crippen molar-refractivity contribution in [3.63, 3.8) is 0 Å². The second kappa shape index (κ2) is 9.05. The van der Waals surface area contributed by atoms with Gasteiger partial charge < -0.3 is 5.11 Å². The molecule has 198 valence electrons. The van der Waals surface area contributed by atoms with E-state index in [1.165, 1.54) is 56.9 Å². The van der Waals surface area contributed by atoms with E-state index in [1.54, 1.807) is 5.57 Å². The third-order valence-electron chi connectivity index (χ3n) is 13.0. The highest BCUT2D eigenvalue weighted by Crippen LogP contribution is 2.73. The third-order valence-corrected chi connectivity index (χ3v) is 13.0. The van der Waals surface area contributed by atoms with Crippen molar-refractivity contribution in [1.82, 2.24) is 0 Å². The summed E-state index contributed by atoms with van der Waals surface area (Å²) in [7, 11) is 0. The van der Waals surface area contributed by atoms with Gasteiger partial charge >= 0.3 is 5.97 Å². The largest absolute Gasteiger partial charge is 0.481 e. The zero-order chi connectivity index (χ0) is 26.0. The molecule has 35 heavy (non-hydrogen) atoms. The molecule has 4 rings (SSSR count). The number of carboxylic acids is 1. The second-order valence-corrected chi connectivity index (χ2v) is 14.9. The summed E-state index contributed by atoms with van der Waals surface area (Å²) >= 11 is 0. The zero-order valence-corrected chi connectivity index (χ0v) is 24.2. The van der Waals surface area contributed by atoms with Gasteiger partial charge in [0.05, 0.1) is 0 Å². The monoisotopic (exact) mass is 482 g/mol. The molecule has 4 aliphatic carbocycles. The molecule has 2 heteroatoms. The van der Waals surface area contributed by atoms with Crippen LogP contribution < -0.4 is 0 Å². The number of hydrogen-bond donors (Lipinski definition) is 1. The van der Waals surface area contributed by atoms with Crippen LogP contribution in [0.3, 0.4) is 0 Å². The summed E-state index contributed by atoms with van der Waals surface area (Å²) in [5.41, 5.74) is 4.30. The molecule has 3 fully saturated rings. The molecule has 0 spiro atoms. The van der Waals surface area contributed by atoms with Gasteiger partial charge in [-0.05, 0) is 115 Å². The van der Waals surface area contributed by atoms with Gasteiger partial charge in [-0.1, -0.05) is 79.2 Å². The molecule has 1 N–H and O–H groups in total. The van der Waals surface area contributed by atoms with Gasteiger partial charge in [0, 0.05) is 6.42 Å². The Hall–Kier alpha value is -1.05. The number of allylic oxidation sites excluding steroid dienone is 3. The Morgan fingerprint density at radius 1 is 1.03 bits per heavy atom. The molecule has 3 saturated carbocycles. The average Bonchev–Trinajstić information content (AvgIpc) is 3.05. The third kappa shape index (κ3) is 4.08. The van der Waals surface area contributed by atoms with Gasteiger partial charge in [0.25, 0.3) is 0 Å². The fourth-order valence-corrected chi connectivity index (χ4v) is 10.2. The molecule has 1 unspecified atom stereocenters. The van der Waals surface area contributed by atoms with E-state index >= 15 is 0 Å². The minimum Gasteiger partial charge on any atom is -0.481 e. The van der Waals surface area contributed by atoms with E-state index in [1.807, 2.05) is 0 Å². The van der Waals surface area contributed by atoms with E-state index in [4.69, 9.17) is 0 Å². The van der Waals surface area contributed by atoms with Crippen molar-refractivity contribution in [2.45, 2.75) is 120 Å². The molecule has 0 aromatic heterocycles. The van der Waals surface area contributed by atoms with Gasteiger partial charge in [-0.3, -0.25) is 4.79 Å². The van der Waals surface area contributed by atoms with Crippen LogP contribution in [0, 0.1) is 57.2 Å². The summed E-state index contributed by atoms with van der Waals surface area (Å²) in [4.78, 5) is 11.6. The Morgan fingerprint density at radius 3 is 2.34 bits per heavy atom. The first-order valence-electron chi connectivity index (χ1n) is 14.8. The number of aliphatic carboxylic acids is 1. The van der Waals surface area contributed by atoms with Crippen molar-refractivity contribution >= 4 is 5.97 Å². The number of rotatable bonds is 7. The molecule has 0 radical (unpaired) electrons. The first kappa shape index (κ1) is 27.0. The fraction of sp³-hybridized carbons (Fsp3) is 0.848. The summed E-state index contributed by atoms with van der Waals surface area (Å²) in [5.74, 6) is 3.14. The molecule has 0 heterocycles. The van der Waals surface area contributed by atoms with Crippen LogP contribution in [0.1, 0.15) is 120 Å². The maximum absolute atomic E-state index is 11.6. The molecule has 2 nitrogen and oxygen atoms in total. The van der Waals surface area contributed by atoms with E-state index in [9.17, 15) is 9.90 Å². The Kier molecular flexibility index (Phi) is 6.98. The first-order chi connectivity index (χ1) is 16.2. The minimum absolute atomic E-state index is 0.0877. The fourth-order valence-electron chi connectivity index (χ4n) is 10.2. The molecule has 4 aliphatic rings. The normalized spacial score (nSPS) is 43.1. The van der Waals surface area contributed by atoms with E-state index in [-0.39, 0.29) is 10.8 Å². The number of hydrogen-bond acceptors (Lipinski definition) is 1. The van der Waals surface area contributed by atoms with Gasteiger partial charge in [0.1, 0.15) is 0 Å². The highest BCUT2D eigenvalue weighted by atomic mass is 16.4. The smallest absolute Gasteiger partial charge is 0.303 e. The van der Waals surface area contributed by atoms with Crippen LogP contribution in [0.15, 0.2) is 23.8 Å². The molecule has 0 saturated heterocycles. The Balaban J connectivity index is 1.59. The van der Waals surface area contributed by atoms with Crippen molar-refractivity contribution in [1.29, 1.82) is 0 Å². The number of carbonyl (C=O) groups is 1. The van der Waals surface area contributed by atoms with Crippen molar-refractivity contribution in [2.24, 2.45) is 57.2 Å². The predicted octanol–water partition coefficient (Wildman–Crippen LogP) is 9.31. The Bertz CT molecular complexity index is 880. The van der Waals surface area contributed by atoms with E-state index in [0.29, 0.717) is 40.9 Å². The standard InChI is InChI=1S/C33H54O2/c1-21(2)22(3)10-11-23(4)25-15-18-33(9)27-12-13-28-30(5,6)24(20-29(34)35)14-17-31(28,7)26(27)16-19-32(25,33)8/h16,21,23-25,27-28H,3,10-15,17-20H2,1-2,4-9H3,(H,34,35)/t23-,24-,25-,27-,28?,31-,32-,33+/m1/s1. The SMILES string of the molecule is C=C(CC[C@@H](C)[C@H]1CC[C@@]2(C)[C@@H]3CCC4C(C)(C)[C@@H](CC(=O)O)CC[C@]4(C)C3=CC[C@]12C)C(C)C. The zero-order valence-electron chi connectivity index (χ0n) is 24.2. The molecule has 0 aliphatic heterocycles. The molecule has 0 aromatic rings. The Morgan fingerprint density at radius 2 is 1.71 bits per heavy atom. The van der Waals surface area contributed by atoms with Crippen molar-refractivity contribution in [3.05, 3.63) is 23.8 Å². The molecule has 0 amide bonds. The number of fused-ring (bicyclic) bond motifs is 5. The summed E-state index contributed by atoms with van der Waals surface area (Å²) < 4.78 is 0. The van der Waals surface area contributed by atoms with Crippen LogP contribution >= 0.6 is 0 Å². The van der Waals surface area contributed by atoms with Gasteiger partial charge in [0.15, 0.2) is 0 Å². The topological polar surface area (TPSA) is 37.3 Å². The highest BCUT2D eigenvalue weighted by Gasteiger charge is 2.65. The van der Waals surface area contributed by atoms with E-state index in [2.05, 4.69) is 68.0 Å². The lowest BCUT2D eigenvalue weighted by Crippen LogP contribution is -2.56. The predicted molar refractivity (Wildman–Crippen MR) is 147 cm³/mol. The highest BCUT2D eigenvalue weighted by molar-refractivity contribution is 5.67. The Labute approximate surface area is 216 Å². The maximum atomic E-state index is 11.6. The van der Waals surface area contributed by atoms with E-state index in [0.717, 1.165) is 18.3 Å². The lowest BCUT2D eigenvalue weighted by Gasteiger charge is -2.64. The second-order valence-electron chi connectivity index (χ2n) is 14.9. The first-order valence-corrected chi connectivity index (χ1v) is 14.8. The summed E-state index contributed by atoms with van der Waals surface area (Å²) in [5, 5.41) is 9.56. The van der Waals surface area contributed by atoms with Crippen LogP contribution in [0.25, 0.3) is 0 Å².